The fraction of sp³-hybridized carbons (Fsp3) is 0.0526. The van der Waals surface area contributed by atoms with Gasteiger partial charge in [-0.3, -0.25) is 0 Å². The van der Waals surface area contributed by atoms with Gasteiger partial charge in [-0.2, -0.15) is 0 Å². The molecule has 2 heteroatoms. The van der Waals surface area contributed by atoms with E-state index in [0.29, 0.717) is 0 Å². The van der Waals surface area contributed by atoms with Crippen molar-refractivity contribution < 1.29 is 0 Å². The van der Waals surface area contributed by atoms with Gasteiger partial charge in [-0.1, -0.05) is 250 Å². The van der Waals surface area contributed by atoms with Crippen molar-refractivity contribution in [2.24, 2.45) is 0 Å². The van der Waals surface area contributed by atoms with Gasteiger partial charge in [0.25, 0.3) is 0 Å². The Bertz CT molecular complexity index is 4400. The van der Waals surface area contributed by atoms with Crippen LogP contribution < -0.4 is 4.90 Å². The van der Waals surface area contributed by atoms with E-state index in [-0.39, 0.29) is 5.41 Å². The first-order chi connectivity index (χ1) is 38.5. The summed E-state index contributed by atoms with van der Waals surface area (Å²) in [7, 11) is 0. The fourth-order valence-electron chi connectivity index (χ4n) is 13.6. The number of hydrogen-bond donors (Lipinski definition) is 0. The average Bonchev–Trinajstić information content (AvgIpc) is 4.18. The van der Waals surface area contributed by atoms with Crippen LogP contribution in [0.2, 0.25) is 0 Å². The monoisotopic (exact) mass is 994 g/mol. The summed E-state index contributed by atoms with van der Waals surface area (Å²) in [5, 5.41) is 2.42. The predicted octanol–water partition coefficient (Wildman–Crippen LogP) is 19.9. The van der Waals surface area contributed by atoms with Crippen LogP contribution in [0.1, 0.15) is 47.2 Å². The third kappa shape index (κ3) is 6.89. The second-order valence-electron chi connectivity index (χ2n) is 21.6. The molecule has 15 rings (SSSR count). The number of rotatable bonds is 9. The maximum absolute atomic E-state index is 2.52. The molecule has 13 aromatic rings. The van der Waals surface area contributed by atoms with Gasteiger partial charge >= 0.3 is 0 Å². The highest BCUT2D eigenvalue weighted by atomic mass is 15.1. The Morgan fingerprint density at radius 2 is 0.795 bits per heavy atom. The third-order valence-corrected chi connectivity index (χ3v) is 17.1. The van der Waals surface area contributed by atoms with E-state index in [1.165, 1.54) is 88.7 Å². The summed E-state index contributed by atoms with van der Waals surface area (Å²) < 4.78 is 2.52. The lowest BCUT2D eigenvalue weighted by Crippen LogP contribution is -2.29. The molecular weight excluding hydrogens is 941 g/mol. The van der Waals surface area contributed by atoms with E-state index >= 15 is 0 Å². The Balaban J connectivity index is 0.951. The Labute approximate surface area is 456 Å². The minimum absolute atomic E-state index is 0.157. The highest BCUT2D eigenvalue weighted by Gasteiger charge is 2.47. The second-order valence-corrected chi connectivity index (χ2v) is 21.6. The molecule has 0 bridgehead atoms. The number of nitrogens with zero attached hydrogens (tertiary/aromatic N) is 2. The van der Waals surface area contributed by atoms with Crippen LogP contribution in [-0.4, -0.2) is 4.57 Å². The van der Waals surface area contributed by atoms with E-state index in [2.05, 4.69) is 315 Å². The van der Waals surface area contributed by atoms with E-state index < -0.39 is 5.41 Å². The molecule has 0 atom stereocenters. The van der Waals surface area contributed by atoms with Gasteiger partial charge in [-0.25, -0.2) is 0 Å². The molecule has 0 saturated carbocycles. The number of aromatic nitrogens is 1. The molecule has 0 radical (unpaired) electrons. The number of para-hydroxylation sites is 1. The van der Waals surface area contributed by atoms with E-state index in [1.54, 1.807) is 0 Å². The van der Waals surface area contributed by atoms with E-state index in [0.717, 1.165) is 44.9 Å². The molecule has 2 aliphatic carbocycles. The van der Waals surface area contributed by atoms with Gasteiger partial charge in [0, 0.05) is 38.8 Å². The van der Waals surface area contributed by atoms with Crippen LogP contribution in [-0.2, 0) is 10.8 Å². The first kappa shape index (κ1) is 45.6. The van der Waals surface area contributed by atoms with Crippen molar-refractivity contribution in [3.8, 4) is 61.3 Å². The van der Waals surface area contributed by atoms with Crippen molar-refractivity contribution in [3.05, 3.63) is 325 Å². The molecule has 0 N–H and O–H groups in total. The molecule has 12 aromatic carbocycles. The lowest BCUT2D eigenvalue weighted by molar-refractivity contribution is 0.660. The van der Waals surface area contributed by atoms with Gasteiger partial charge in [-0.15, -0.1) is 0 Å². The van der Waals surface area contributed by atoms with Gasteiger partial charge in [-0.05, 0) is 138 Å². The van der Waals surface area contributed by atoms with E-state index in [4.69, 9.17) is 0 Å². The highest BCUT2D eigenvalue weighted by molar-refractivity contribution is 6.11. The van der Waals surface area contributed by atoms with Crippen LogP contribution >= 0.6 is 0 Å². The summed E-state index contributed by atoms with van der Waals surface area (Å²) in [5.74, 6) is 0. The molecule has 0 saturated heterocycles. The summed E-state index contributed by atoms with van der Waals surface area (Å²) in [6.07, 6.45) is 0. The molecule has 0 fully saturated rings. The van der Waals surface area contributed by atoms with Crippen molar-refractivity contribution in [3.63, 3.8) is 0 Å². The van der Waals surface area contributed by atoms with Crippen LogP contribution in [0.5, 0.6) is 0 Å². The summed E-state index contributed by atoms with van der Waals surface area (Å²) >= 11 is 0. The Morgan fingerprint density at radius 1 is 0.295 bits per heavy atom. The lowest BCUT2D eigenvalue weighted by atomic mass is 9.66. The summed E-state index contributed by atoms with van der Waals surface area (Å²) in [6.45, 7) is 4.74. The zero-order valence-corrected chi connectivity index (χ0v) is 43.6. The first-order valence-electron chi connectivity index (χ1n) is 27.2. The van der Waals surface area contributed by atoms with Gasteiger partial charge in [0.05, 0.1) is 22.1 Å². The van der Waals surface area contributed by atoms with Crippen LogP contribution in [0.3, 0.4) is 0 Å². The molecule has 0 unspecified atom stereocenters. The van der Waals surface area contributed by atoms with Crippen LogP contribution in [0.4, 0.5) is 17.1 Å². The topological polar surface area (TPSA) is 8.17 Å². The Kier molecular flexibility index (Phi) is 10.5. The Hall–Kier alpha value is -9.76. The van der Waals surface area contributed by atoms with Crippen molar-refractivity contribution in [1.82, 2.24) is 4.57 Å². The van der Waals surface area contributed by atoms with Crippen LogP contribution in [0, 0.1) is 0 Å². The van der Waals surface area contributed by atoms with Gasteiger partial charge in [0.1, 0.15) is 0 Å². The van der Waals surface area contributed by atoms with Crippen molar-refractivity contribution >= 4 is 38.9 Å². The molecule has 2 aliphatic rings. The molecule has 78 heavy (non-hydrogen) atoms. The minimum atomic E-state index is -0.549. The largest absolute Gasteiger partial charge is 0.310 e. The minimum Gasteiger partial charge on any atom is -0.310 e. The number of fused-ring (bicyclic) bond motifs is 9. The number of hydrogen-bond acceptors (Lipinski definition) is 1. The zero-order chi connectivity index (χ0) is 52.0. The third-order valence-electron chi connectivity index (χ3n) is 17.1. The van der Waals surface area contributed by atoms with Gasteiger partial charge in [0.2, 0.25) is 0 Å². The maximum Gasteiger partial charge on any atom is 0.0719 e. The zero-order valence-electron chi connectivity index (χ0n) is 43.6. The Morgan fingerprint density at radius 3 is 1.51 bits per heavy atom. The van der Waals surface area contributed by atoms with Crippen LogP contribution in [0.15, 0.2) is 291 Å². The first-order valence-corrected chi connectivity index (χ1v) is 27.2. The SMILES string of the molecule is CC1(C)c2ccccc2-c2ccc(N(c3ccc(-c4ccccc4)cc3)c3ccc4c5ccccc5n(-c5ccc(-c6cccc7c6C(c6ccccc6)(c6ccccc6)c6ccccc6-7)cc5-c5ccccc5)c4c3)cc21. The van der Waals surface area contributed by atoms with Gasteiger partial charge in [0.15, 0.2) is 0 Å². The molecule has 2 nitrogen and oxygen atoms in total. The smallest absolute Gasteiger partial charge is 0.0719 e. The van der Waals surface area contributed by atoms with E-state index in [9.17, 15) is 0 Å². The quantitative estimate of drug-likeness (QED) is 0.140. The lowest BCUT2D eigenvalue weighted by Gasteiger charge is -2.35. The fourth-order valence-corrected chi connectivity index (χ4v) is 13.6. The number of anilines is 3. The summed E-state index contributed by atoms with van der Waals surface area (Å²) in [5.41, 5.74) is 26.1. The number of benzene rings is 12. The highest BCUT2D eigenvalue weighted by Crippen LogP contribution is 2.59. The second kappa shape index (κ2) is 17.9. The average molecular weight is 995 g/mol. The normalized spacial score (nSPS) is 13.5. The van der Waals surface area contributed by atoms with Crippen molar-refractivity contribution in [1.29, 1.82) is 0 Å². The molecule has 368 valence electrons. The van der Waals surface area contributed by atoms with Crippen molar-refractivity contribution in [2.45, 2.75) is 24.7 Å². The molecule has 0 amide bonds. The van der Waals surface area contributed by atoms with Crippen molar-refractivity contribution in [2.75, 3.05) is 4.90 Å². The summed E-state index contributed by atoms with van der Waals surface area (Å²) in [6, 6.07) is 108. The molecular formula is C76H54N2. The summed E-state index contributed by atoms with van der Waals surface area (Å²) in [4.78, 5) is 2.45. The standard InChI is InChI=1S/C76H54N2/c1-75(2)68-35-18-15-30-61(68)63-45-43-58(49-70(63)75)77(57-41-38-52(39-42-57)51-22-7-3-8-23-51)59-44-46-65-64-32-17-20-37-71(64)78(73(65)50-59)72-47-40-54(48-67(72)53-24-9-4-10-25-53)60-33-21-34-66-62-31-16-19-36-69(62)76(74(60)66,55-26-11-5-12-27-55)56-28-13-6-14-29-56/h3-50H,1-2H3. The molecule has 1 heterocycles. The van der Waals surface area contributed by atoms with E-state index in [1.807, 2.05) is 0 Å². The van der Waals surface area contributed by atoms with Gasteiger partial charge < -0.3 is 9.47 Å². The van der Waals surface area contributed by atoms with Crippen LogP contribution in [0.25, 0.3) is 83.1 Å². The molecule has 0 aliphatic heterocycles. The predicted molar refractivity (Wildman–Crippen MR) is 327 cm³/mol. The molecule has 0 spiro atoms. The maximum atomic E-state index is 2.52. The molecule has 1 aromatic heterocycles.